The Kier molecular flexibility index (Phi) is 6.42. The highest BCUT2D eigenvalue weighted by Crippen LogP contribution is 2.36. The lowest BCUT2D eigenvalue weighted by molar-refractivity contribution is 0.102. The van der Waals surface area contributed by atoms with Crippen LogP contribution in [0, 0.1) is 0 Å². The number of ether oxygens (including phenoxy) is 1. The smallest absolute Gasteiger partial charge is 0.255 e. The molecule has 0 bridgehead atoms. The van der Waals surface area contributed by atoms with Crippen LogP contribution in [0.5, 0.6) is 5.75 Å². The van der Waals surface area contributed by atoms with Gasteiger partial charge in [0.15, 0.2) is 0 Å². The van der Waals surface area contributed by atoms with Crippen LogP contribution in [0.25, 0.3) is 10.9 Å². The zero-order valence-electron chi connectivity index (χ0n) is 17.7. The van der Waals surface area contributed by atoms with Gasteiger partial charge in [-0.05, 0) is 48.5 Å². The molecule has 1 heterocycles. The van der Waals surface area contributed by atoms with Crippen molar-refractivity contribution in [2.24, 2.45) is 0 Å². The van der Waals surface area contributed by atoms with Crippen molar-refractivity contribution < 1.29 is 23.1 Å². The summed E-state index contributed by atoms with van der Waals surface area (Å²) in [7, 11) is -2.69. The number of aliphatic hydroxyl groups is 1. The van der Waals surface area contributed by atoms with Crippen molar-refractivity contribution in [3.8, 4) is 5.75 Å². The van der Waals surface area contributed by atoms with E-state index in [-0.39, 0.29) is 39.6 Å². The molecule has 3 aromatic carbocycles. The van der Waals surface area contributed by atoms with Crippen molar-refractivity contribution in [1.29, 1.82) is 0 Å². The molecular formula is C24H21ClN2O5S. The number of nitrogens with one attached hydrogen (secondary N) is 1. The number of carbonyl (C=O) groups excluding carboxylic acids is 1. The fraction of sp³-hybridized carbons (Fsp3) is 0.125. The van der Waals surface area contributed by atoms with Gasteiger partial charge in [0.2, 0.25) is 9.84 Å². The Morgan fingerprint density at radius 1 is 1.06 bits per heavy atom. The maximum atomic E-state index is 13.7. The number of sulfone groups is 1. The first-order chi connectivity index (χ1) is 15.8. The fourth-order valence-electron chi connectivity index (χ4n) is 3.62. The molecular weight excluding hydrogens is 464 g/mol. The molecule has 170 valence electrons. The molecule has 0 aliphatic heterocycles. The van der Waals surface area contributed by atoms with E-state index < -0.39 is 9.84 Å². The summed E-state index contributed by atoms with van der Waals surface area (Å²) in [4.78, 5) is 12.7. The number of halogens is 1. The molecule has 0 saturated heterocycles. The van der Waals surface area contributed by atoms with E-state index in [9.17, 15) is 18.3 Å². The van der Waals surface area contributed by atoms with Crippen LogP contribution in [0.15, 0.2) is 82.7 Å². The van der Waals surface area contributed by atoms with Crippen LogP contribution >= 0.6 is 11.6 Å². The molecule has 2 N–H and O–H groups in total. The zero-order valence-corrected chi connectivity index (χ0v) is 19.2. The van der Waals surface area contributed by atoms with Gasteiger partial charge in [0.05, 0.1) is 18.6 Å². The Morgan fingerprint density at radius 3 is 2.52 bits per heavy atom. The molecule has 4 rings (SSSR count). The van der Waals surface area contributed by atoms with Gasteiger partial charge in [-0.1, -0.05) is 29.8 Å². The molecule has 0 fully saturated rings. The quantitative estimate of drug-likeness (QED) is 0.405. The lowest BCUT2D eigenvalue weighted by Crippen LogP contribution is -2.11. The minimum absolute atomic E-state index is 0.0131. The molecule has 1 amide bonds. The third-order valence-electron chi connectivity index (χ3n) is 5.18. The second-order valence-electron chi connectivity index (χ2n) is 7.26. The SMILES string of the molecule is COc1ccc(Cl)cc1S(=O)(=O)c1cn(CCO)c2ccc(C(=O)Nc3ccccc3)cc12. The standard InChI is InChI=1S/C24H21ClN2O5S/c1-32-21-10-8-17(25)14-22(21)33(30,31)23-15-27(11-12-28)20-9-7-16(13-19(20)23)24(29)26-18-5-3-2-4-6-18/h2-10,13-15,28H,11-12H2,1H3,(H,26,29). The second-order valence-corrected chi connectivity index (χ2v) is 9.58. The zero-order chi connectivity index (χ0) is 23.6. The summed E-state index contributed by atoms with van der Waals surface area (Å²) in [5, 5.41) is 12.9. The molecule has 0 atom stereocenters. The number of rotatable bonds is 7. The van der Waals surface area contributed by atoms with Gasteiger partial charge in [-0.2, -0.15) is 0 Å². The molecule has 0 spiro atoms. The number of anilines is 1. The van der Waals surface area contributed by atoms with Crippen molar-refractivity contribution >= 4 is 43.9 Å². The van der Waals surface area contributed by atoms with Gasteiger partial charge in [0.1, 0.15) is 10.6 Å². The van der Waals surface area contributed by atoms with Gasteiger partial charge in [0.25, 0.3) is 5.91 Å². The number of methoxy groups -OCH3 is 1. The van der Waals surface area contributed by atoms with Crippen molar-refractivity contribution in [2.45, 2.75) is 16.3 Å². The first-order valence-corrected chi connectivity index (χ1v) is 11.9. The van der Waals surface area contributed by atoms with E-state index in [1.54, 1.807) is 47.0 Å². The Hall–Kier alpha value is -3.33. The largest absolute Gasteiger partial charge is 0.495 e. The van der Waals surface area contributed by atoms with Crippen LogP contribution in [0.1, 0.15) is 10.4 Å². The number of aromatic nitrogens is 1. The topological polar surface area (TPSA) is 97.6 Å². The highest BCUT2D eigenvalue weighted by molar-refractivity contribution is 7.91. The highest BCUT2D eigenvalue weighted by atomic mass is 35.5. The molecule has 0 aliphatic carbocycles. The van der Waals surface area contributed by atoms with Crippen molar-refractivity contribution in [3.63, 3.8) is 0 Å². The predicted octanol–water partition coefficient (Wildman–Crippen LogP) is 4.38. The molecule has 0 radical (unpaired) electrons. The Bertz CT molecular complexity index is 1430. The van der Waals surface area contributed by atoms with Gasteiger partial charge in [-0.15, -0.1) is 0 Å². The number of para-hydroxylation sites is 1. The monoisotopic (exact) mass is 484 g/mol. The van der Waals surface area contributed by atoms with Crippen LogP contribution in [-0.2, 0) is 16.4 Å². The van der Waals surface area contributed by atoms with E-state index in [1.165, 1.54) is 31.5 Å². The highest BCUT2D eigenvalue weighted by Gasteiger charge is 2.27. The van der Waals surface area contributed by atoms with Crippen LogP contribution in [0.2, 0.25) is 5.02 Å². The number of fused-ring (bicyclic) bond motifs is 1. The summed E-state index contributed by atoms with van der Waals surface area (Å²) in [6.07, 6.45) is 1.45. The van der Waals surface area contributed by atoms with Crippen molar-refractivity contribution in [3.05, 3.63) is 83.5 Å². The number of hydrogen-bond acceptors (Lipinski definition) is 5. The van der Waals surface area contributed by atoms with E-state index in [1.807, 2.05) is 6.07 Å². The van der Waals surface area contributed by atoms with E-state index in [2.05, 4.69) is 5.32 Å². The average Bonchev–Trinajstić information content (AvgIpc) is 3.18. The third kappa shape index (κ3) is 4.45. The number of amides is 1. The van der Waals surface area contributed by atoms with Crippen LogP contribution in [0.3, 0.4) is 0 Å². The summed E-state index contributed by atoms with van der Waals surface area (Å²) in [5.41, 5.74) is 1.49. The molecule has 0 aliphatic rings. The Morgan fingerprint density at radius 2 is 1.82 bits per heavy atom. The number of aliphatic hydroxyl groups excluding tert-OH is 1. The molecule has 0 saturated carbocycles. The molecule has 33 heavy (non-hydrogen) atoms. The van der Waals surface area contributed by atoms with Crippen molar-refractivity contribution in [1.82, 2.24) is 4.57 Å². The maximum absolute atomic E-state index is 13.7. The number of hydrogen-bond donors (Lipinski definition) is 2. The van der Waals surface area contributed by atoms with Crippen LogP contribution < -0.4 is 10.1 Å². The van der Waals surface area contributed by atoms with E-state index in [0.29, 0.717) is 22.2 Å². The number of nitrogens with zero attached hydrogens (tertiary/aromatic N) is 1. The predicted molar refractivity (Wildman–Crippen MR) is 127 cm³/mol. The molecule has 7 nitrogen and oxygen atoms in total. The van der Waals surface area contributed by atoms with E-state index in [0.717, 1.165) is 0 Å². The number of benzene rings is 3. The van der Waals surface area contributed by atoms with E-state index in [4.69, 9.17) is 16.3 Å². The van der Waals surface area contributed by atoms with E-state index >= 15 is 0 Å². The molecule has 0 unspecified atom stereocenters. The summed E-state index contributed by atoms with van der Waals surface area (Å²) in [6.45, 7) is 0.00819. The summed E-state index contributed by atoms with van der Waals surface area (Å²) in [5.74, 6) is -0.220. The van der Waals surface area contributed by atoms with Gasteiger partial charge < -0.3 is 19.7 Å². The first kappa shape index (κ1) is 22.8. The summed E-state index contributed by atoms with van der Waals surface area (Å²) in [6, 6.07) is 18.1. The maximum Gasteiger partial charge on any atom is 0.255 e. The Labute approximate surface area is 196 Å². The minimum Gasteiger partial charge on any atom is -0.495 e. The second kappa shape index (κ2) is 9.27. The van der Waals surface area contributed by atoms with Gasteiger partial charge in [-0.25, -0.2) is 8.42 Å². The molecule has 4 aromatic rings. The van der Waals surface area contributed by atoms with Crippen molar-refractivity contribution in [2.75, 3.05) is 19.0 Å². The van der Waals surface area contributed by atoms with Gasteiger partial charge in [-0.3, -0.25) is 4.79 Å². The lowest BCUT2D eigenvalue weighted by Gasteiger charge is -2.10. The summed E-state index contributed by atoms with van der Waals surface area (Å²) < 4.78 is 34.2. The minimum atomic E-state index is -4.07. The third-order valence-corrected chi connectivity index (χ3v) is 7.22. The van der Waals surface area contributed by atoms with Crippen LogP contribution in [-0.4, -0.2) is 37.7 Å². The number of carbonyl (C=O) groups is 1. The normalized spacial score (nSPS) is 11.5. The lowest BCUT2D eigenvalue weighted by atomic mass is 10.1. The average molecular weight is 485 g/mol. The Balaban J connectivity index is 1.86. The van der Waals surface area contributed by atoms with Gasteiger partial charge >= 0.3 is 0 Å². The summed E-state index contributed by atoms with van der Waals surface area (Å²) >= 11 is 6.07. The molecule has 1 aromatic heterocycles. The molecule has 9 heteroatoms. The fourth-order valence-corrected chi connectivity index (χ4v) is 5.51. The first-order valence-electron chi connectivity index (χ1n) is 10.0. The van der Waals surface area contributed by atoms with Gasteiger partial charge in [0, 0.05) is 39.9 Å². The van der Waals surface area contributed by atoms with Crippen LogP contribution in [0.4, 0.5) is 5.69 Å².